The van der Waals surface area contributed by atoms with Crippen LogP contribution in [0.1, 0.15) is 71.6 Å². The van der Waals surface area contributed by atoms with E-state index < -0.39 is 24.1 Å². The number of hydrogen-bond acceptors (Lipinski definition) is 4. The predicted molar refractivity (Wildman–Crippen MR) is 76.4 cm³/mol. The number of rotatable bonds is 12. The van der Waals surface area contributed by atoms with Crippen molar-refractivity contribution in [3.63, 3.8) is 0 Å². The number of carboxylic acid groups (broad SMARTS) is 1. The van der Waals surface area contributed by atoms with Crippen LogP contribution in [0.2, 0.25) is 0 Å². The van der Waals surface area contributed by atoms with Crippen molar-refractivity contribution >= 4 is 11.9 Å². The van der Waals surface area contributed by atoms with Crippen LogP contribution in [0.15, 0.2) is 0 Å². The van der Waals surface area contributed by atoms with Crippen molar-refractivity contribution in [2.24, 2.45) is 0 Å². The van der Waals surface area contributed by atoms with Crippen LogP contribution in [0, 0.1) is 0 Å². The highest BCUT2D eigenvalue weighted by Crippen LogP contribution is 2.12. The number of unbranched alkanes of at least 4 members (excludes halogenated alkanes) is 3. The first-order chi connectivity index (χ1) is 9.49. The Bertz CT molecular complexity index is 277. The molecule has 118 valence electrons. The summed E-state index contributed by atoms with van der Waals surface area (Å²) in [5.41, 5.74) is 0. The normalized spacial score (nSPS) is 13.8. The second-order valence-corrected chi connectivity index (χ2v) is 5.21. The number of carbonyl (C=O) groups is 2. The Morgan fingerprint density at radius 1 is 1.00 bits per heavy atom. The van der Waals surface area contributed by atoms with Crippen LogP contribution in [0.4, 0.5) is 0 Å². The summed E-state index contributed by atoms with van der Waals surface area (Å²) in [4.78, 5) is 22.3. The van der Waals surface area contributed by atoms with E-state index in [1.807, 2.05) is 6.92 Å². The van der Waals surface area contributed by atoms with E-state index in [9.17, 15) is 14.7 Å². The third-order valence-corrected chi connectivity index (χ3v) is 3.10. The number of aliphatic hydroxyl groups is 1. The molecule has 0 saturated heterocycles. The highest BCUT2D eigenvalue weighted by molar-refractivity contribution is 5.71. The van der Waals surface area contributed by atoms with Crippen LogP contribution >= 0.6 is 0 Å². The molecule has 5 nitrogen and oxygen atoms in total. The van der Waals surface area contributed by atoms with Crippen LogP contribution in [0.25, 0.3) is 0 Å². The van der Waals surface area contributed by atoms with Crippen LogP contribution in [0.3, 0.4) is 0 Å². The minimum Gasteiger partial charge on any atom is -0.481 e. The van der Waals surface area contributed by atoms with E-state index in [0.717, 1.165) is 32.1 Å². The molecule has 0 spiro atoms. The van der Waals surface area contributed by atoms with E-state index in [-0.39, 0.29) is 12.8 Å². The smallest absolute Gasteiger partial charge is 0.308 e. The van der Waals surface area contributed by atoms with Gasteiger partial charge in [0.2, 0.25) is 0 Å². The number of carboxylic acids is 1. The van der Waals surface area contributed by atoms with Gasteiger partial charge in [-0.3, -0.25) is 9.59 Å². The molecule has 0 aromatic rings. The molecule has 0 aliphatic heterocycles. The molecule has 0 aromatic heterocycles. The minimum atomic E-state index is -0.976. The molecule has 20 heavy (non-hydrogen) atoms. The Labute approximate surface area is 121 Å². The van der Waals surface area contributed by atoms with Crippen molar-refractivity contribution in [2.75, 3.05) is 0 Å². The highest BCUT2D eigenvalue weighted by atomic mass is 16.5. The number of hydrogen-bond donors (Lipinski definition) is 2. The van der Waals surface area contributed by atoms with Gasteiger partial charge in [0.05, 0.1) is 18.9 Å². The average Bonchev–Trinajstić information content (AvgIpc) is 2.34. The molecule has 2 N–H and O–H groups in total. The van der Waals surface area contributed by atoms with E-state index in [2.05, 4.69) is 6.92 Å². The SMILES string of the molecule is CCCCCCC(O)CC(=O)OC(CCC)CC(=O)O. The van der Waals surface area contributed by atoms with Gasteiger partial charge in [-0.2, -0.15) is 0 Å². The first-order valence-corrected chi connectivity index (χ1v) is 7.58. The number of aliphatic hydroxyl groups excluding tert-OH is 1. The Morgan fingerprint density at radius 2 is 1.70 bits per heavy atom. The summed E-state index contributed by atoms with van der Waals surface area (Å²) in [7, 11) is 0. The molecule has 0 aliphatic carbocycles. The van der Waals surface area contributed by atoms with Crippen molar-refractivity contribution in [2.45, 2.75) is 83.8 Å². The van der Waals surface area contributed by atoms with Gasteiger partial charge in [-0.25, -0.2) is 0 Å². The van der Waals surface area contributed by atoms with Crippen molar-refractivity contribution in [3.05, 3.63) is 0 Å². The topological polar surface area (TPSA) is 83.8 Å². The number of carbonyl (C=O) groups excluding carboxylic acids is 1. The summed E-state index contributed by atoms with van der Waals surface area (Å²) < 4.78 is 5.12. The monoisotopic (exact) mass is 288 g/mol. The first kappa shape index (κ1) is 18.9. The molecular weight excluding hydrogens is 260 g/mol. The minimum absolute atomic E-state index is 0.0496. The molecule has 0 bridgehead atoms. The molecule has 0 saturated carbocycles. The second-order valence-electron chi connectivity index (χ2n) is 5.21. The zero-order valence-corrected chi connectivity index (χ0v) is 12.6. The summed E-state index contributed by atoms with van der Waals surface area (Å²) >= 11 is 0. The average molecular weight is 288 g/mol. The fraction of sp³-hybridized carbons (Fsp3) is 0.867. The number of ether oxygens (including phenoxy) is 1. The first-order valence-electron chi connectivity index (χ1n) is 7.58. The van der Waals surface area contributed by atoms with Gasteiger partial charge < -0.3 is 14.9 Å². The maximum atomic E-state index is 11.6. The van der Waals surface area contributed by atoms with Crippen molar-refractivity contribution in [1.29, 1.82) is 0 Å². The molecule has 2 atom stereocenters. The summed E-state index contributed by atoms with van der Waals surface area (Å²) in [6.45, 7) is 4.02. The number of esters is 1. The molecule has 0 aromatic carbocycles. The van der Waals surface area contributed by atoms with Gasteiger partial charge in [-0.05, 0) is 12.8 Å². The van der Waals surface area contributed by atoms with Crippen LogP contribution < -0.4 is 0 Å². The molecule has 5 heteroatoms. The van der Waals surface area contributed by atoms with E-state index in [1.54, 1.807) is 0 Å². The van der Waals surface area contributed by atoms with Crippen molar-refractivity contribution in [3.8, 4) is 0 Å². The zero-order valence-electron chi connectivity index (χ0n) is 12.6. The van der Waals surface area contributed by atoms with Gasteiger partial charge in [0, 0.05) is 0 Å². The quantitative estimate of drug-likeness (QED) is 0.426. The Balaban J connectivity index is 3.95. The third-order valence-electron chi connectivity index (χ3n) is 3.10. The predicted octanol–water partition coefficient (Wildman–Crippen LogP) is 2.89. The fourth-order valence-corrected chi connectivity index (χ4v) is 2.05. The van der Waals surface area contributed by atoms with Gasteiger partial charge in [0.15, 0.2) is 0 Å². The van der Waals surface area contributed by atoms with E-state index in [0.29, 0.717) is 12.8 Å². The van der Waals surface area contributed by atoms with E-state index >= 15 is 0 Å². The molecule has 0 radical (unpaired) electrons. The summed E-state index contributed by atoms with van der Waals surface area (Å²) in [5, 5.41) is 18.5. The lowest BCUT2D eigenvalue weighted by Crippen LogP contribution is -2.24. The summed E-state index contributed by atoms with van der Waals surface area (Å²) in [6.07, 6.45) is 4.60. The molecule has 0 fully saturated rings. The lowest BCUT2D eigenvalue weighted by atomic mass is 10.1. The molecule has 2 unspecified atom stereocenters. The summed E-state index contributed by atoms with van der Waals surface area (Å²) in [5.74, 6) is -1.48. The highest BCUT2D eigenvalue weighted by Gasteiger charge is 2.19. The van der Waals surface area contributed by atoms with Gasteiger partial charge in [-0.1, -0.05) is 46.0 Å². The largest absolute Gasteiger partial charge is 0.481 e. The number of aliphatic carboxylic acids is 1. The molecular formula is C15H28O5. The fourth-order valence-electron chi connectivity index (χ4n) is 2.05. The molecule has 0 aliphatic rings. The van der Waals surface area contributed by atoms with Crippen LogP contribution in [0.5, 0.6) is 0 Å². The lowest BCUT2D eigenvalue weighted by Gasteiger charge is -2.17. The third kappa shape index (κ3) is 10.8. The molecule has 0 amide bonds. The molecule has 0 heterocycles. The zero-order chi connectivity index (χ0) is 15.4. The van der Waals surface area contributed by atoms with Gasteiger partial charge in [0.1, 0.15) is 6.10 Å². The second kappa shape index (κ2) is 11.7. The van der Waals surface area contributed by atoms with Crippen molar-refractivity contribution in [1.82, 2.24) is 0 Å². The van der Waals surface area contributed by atoms with Gasteiger partial charge >= 0.3 is 11.9 Å². The van der Waals surface area contributed by atoms with Crippen LogP contribution in [-0.2, 0) is 14.3 Å². The molecule has 0 rings (SSSR count). The Hall–Kier alpha value is -1.10. The maximum absolute atomic E-state index is 11.6. The van der Waals surface area contributed by atoms with Crippen LogP contribution in [-0.4, -0.2) is 34.4 Å². The van der Waals surface area contributed by atoms with E-state index in [1.165, 1.54) is 0 Å². The Morgan fingerprint density at radius 3 is 2.25 bits per heavy atom. The van der Waals surface area contributed by atoms with Crippen molar-refractivity contribution < 1.29 is 24.5 Å². The van der Waals surface area contributed by atoms with E-state index in [4.69, 9.17) is 9.84 Å². The lowest BCUT2D eigenvalue weighted by molar-refractivity contribution is -0.155. The summed E-state index contributed by atoms with van der Waals surface area (Å²) in [6, 6.07) is 0. The Kier molecular flexibility index (Phi) is 11.1. The standard InChI is InChI=1S/C15H28O5/c1-3-5-6-7-9-12(16)10-15(19)20-13(8-4-2)11-14(17)18/h12-13,16H,3-11H2,1-2H3,(H,17,18). The van der Waals surface area contributed by atoms with Gasteiger partial charge in [-0.15, -0.1) is 0 Å². The maximum Gasteiger partial charge on any atom is 0.308 e. The van der Waals surface area contributed by atoms with Gasteiger partial charge in [0.25, 0.3) is 0 Å².